The number of nitrogens with one attached hydrogen (secondary N) is 2. The minimum atomic E-state index is -0.631. The van der Waals surface area contributed by atoms with E-state index in [1.165, 1.54) is 6.26 Å². The Hall–Kier alpha value is -3.09. The highest BCUT2D eigenvalue weighted by molar-refractivity contribution is 5.96. The van der Waals surface area contributed by atoms with Crippen LogP contribution in [0.2, 0.25) is 0 Å². The first-order valence-corrected chi connectivity index (χ1v) is 9.44. The van der Waals surface area contributed by atoms with Gasteiger partial charge in [0, 0.05) is 32.0 Å². The van der Waals surface area contributed by atoms with Crippen molar-refractivity contribution in [3.8, 4) is 0 Å². The standard InChI is InChI=1S/C21H25N3O4/c1-14(2)19(25)22-9-10-23-20(26)17-12-15-6-3-4-7-16(15)13-24(17)21(27)18-8-5-11-28-18/h3-8,11,14,17H,9-10,12-13H2,1-2H3,(H,22,25)(H,23,26)/t17-/m1/s1. The fraction of sp³-hybridized carbons (Fsp3) is 0.381. The Morgan fingerprint density at radius 2 is 1.79 bits per heavy atom. The lowest BCUT2D eigenvalue weighted by Crippen LogP contribution is -2.53. The highest BCUT2D eigenvalue weighted by atomic mass is 16.3. The highest BCUT2D eigenvalue weighted by Crippen LogP contribution is 2.25. The Bertz CT molecular complexity index is 845. The number of furan rings is 1. The Morgan fingerprint density at radius 3 is 2.46 bits per heavy atom. The smallest absolute Gasteiger partial charge is 0.290 e. The van der Waals surface area contributed by atoms with Crippen LogP contribution in [0.3, 0.4) is 0 Å². The van der Waals surface area contributed by atoms with Crippen molar-refractivity contribution in [3.05, 3.63) is 59.5 Å². The van der Waals surface area contributed by atoms with Crippen molar-refractivity contribution in [1.29, 1.82) is 0 Å². The minimum absolute atomic E-state index is 0.0598. The number of amides is 3. The lowest BCUT2D eigenvalue weighted by atomic mass is 9.93. The molecule has 3 rings (SSSR count). The fourth-order valence-electron chi connectivity index (χ4n) is 3.21. The molecule has 28 heavy (non-hydrogen) atoms. The van der Waals surface area contributed by atoms with Crippen LogP contribution in [0.15, 0.2) is 47.1 Å². The average molecular weight is 383 g/mol. The molecule has 3 amide bonds. The van der Waals surface area contributed by atoms with Crippen molar-refractivity contribution in [1.82, 2.24) is 15.5 Å². The molecule has 0 bridgehead atoms. The Kier molecular flexibility index (Phi) is 6.13. The fourth-order valence-corrected chi connectivity index (χ4v) is 3.21. The van der Waals surface area contributed by atoms with Crippen molar-refractivity contribution in [2.45, 2.75) is 32.9 Å². The van der Waals surface area contributed by atoms with Gasteiger partial charge in [0.2, 0.25) is 11.8 Å². The molecule has 0 spiro atoms. The molecule has 1 aromatic carbocycles. The molecule has 2 heterocycles. The summed E-state index contributed by atoms with van der Waals surface area (Å²) in [7, 11) is 0. The number of carbonyl (C=O) groups excluding carboxylic acids is 3. The largest absolute Gasteiger partial charge is 0.459 e. The summed E-state index contributed by atoms with van der Waals surface area (Å²) in [4.78, 5) is 38.9. The molecule has 2 N–H and O–H groups in total. The van der Waals surface area contributed by atoms with Gasteiger partial charge in [0.25, 0.3) is 5.91 Å². The van der Waals surface area contributed by atoms with Crippen molar-refractivity contribution in [3.63, 3.8) is 0 Å². The average Bonchev–Trinajstić information content (AvgIpc) is 3.24. The molecule has 0 saturated heterocycles. The van der Waals surface area contributed by atoms with Gasteiger partial charge in [0.15, 0.2) is 5.76 Å². The molecule has 148 valence electrons. The van der Waals surface area contributed by atoms with E-state index in [0.717, 1.165) is 11.1 Å². The lowest BCUT2D eigenvalue weighted by molar-refractivity contribution is -0.127. The van der Waals surface area contributed by atoms with E-state index in [1.807, 2.05) is 38.1 Å². The lowest BCUT2D eigenvalue weighted by Gasteiger charge is -2.35. The summed E-state index contributed by atoms with van der Waals surface area (Å²) in [5.41, 5.74) is 2.08. The molecule has 0 unspecified atom stereocenters. The number of fused-ring (bicyclic) bond motifs is 1. The zero-order chi connectivity index (χ0) is 20.1. The molecule has 0 saturated carbocycles. The number of nitrogens with zero attached hydrogens (tertiary/aromatic N) is 1. The van der Waals surface area contributed by atoms with Gasteiger partial charge in [0.05, 0.1) is 6.26 Å². The van der Waals surface area contributed by atoms with Crippen molar-refractivity contribution in [2.75, 3.05) is 13.1 Å². The van der Waals surface area contributed by atoms with E-state index < -0.39 is 6.04 Å². The molecule has 1 aromatic heterocycles. The van der Waals surface area contributed by atoms with E-state index in [0.29, 0.717) is 26.1 Å². The number of hydrogen-bond acceptors (Lipinski definition) is 4. The predicted molar refractivity (Wildman–Crippen MR) is 103 cm³/mol. The maximum Gasteiger partial charge on any atom is 0.290 e. The van der Waals surface area contributed by atoms with Crippen molar-refractivity contribution in [2.24, 2.45) is 5.92 Å². The van der Waals surface area contributed by atoms with Gasteiger partial charge in [-0.25, -0.2) is 0 Å². The van der Waals surface area contributed by atoms with Crippen LogP contribution in [-0.2, 0) is 22.6 Å². The molecule has 0 radical (unpaired) electrons. The van der Waals surface area contributed by atoms with Crippen LogP contribution in [0, 0.1) is 5.92 Å². The number of carbonyl (C=O) groups is 3. The van der Waals surface area contributed by atoms with Crippen molar-refractivity contribution >= 4 is 17.7 Å². The van der Waals surface area contributed by atoms with Crippen LogP contribution < -0.4 is 10.6 Å². The highest BCUT2D eigenvalue weighted by Gasteiger charge is 2.35. The molecule has 2 aromatic rings. The van der Waals surface area contributed by atoms with Gasteiger partial charge < -0.3 is 20.0 Å². The second kappa shape index (κ2) is 8.73. The minimum Gasteiger partial charge on any atom is -0.459 e. The molecule has 0 fully saturated rings. The summed E-state index contributed by atoms with van der Waals surface area (Å²) < 4.78 is 5.24. The molecule has 7 nitrogen and oxygen atoms in total. The zero-order valence-corrected chi connectivity index (χ0v) is 16.1. The molecular weight excluding hydrogens is 358 g/mol. The summed E-state index contributed by atoms with van der Waals surface area (Å²) in [6.45, 7) is 4.62. The SMILES string of the molecule is CC(C)C(=O)NCCNC(=O)[C@H]1Cc2ccccc2CN1C(=O)c1ccco1. The monoisotopic (exact) mass is 383 g/mol. The van der Waals surface area contributed by atoms with Crippen molar-refractivity contribution < 1.29 is 18.8 Å². The molecular formula is C21H25N3O4. The van der Waals surface area contributed by atoms with E-state index in [4.69, 9.17) is 4.42 Å². The molecule has 1 aliphatic rings. The topological polar surface area (TPSA) is 91.7 Å². The van der Waals surface area contributed by atoms with Crippen LogP contribution in [-0.4, -0.2) is 41.8 Å². The third-order valence-corrected chi connectivity index (χ3v) is 4.79. The normalized spacial score (nSPS) is 15.8. The summed E-state index contributed by atoms with van der Waals surface area (Å²) >= 11 is 0. The maximum absolute atomic E-state index is 12.9. The van der Waals surface area contributed by atoms with Gasteiger partial charge in [-0.2, -0.15) is 0 Å². The van der Waals surface area contributed by atoms with Crippen LogP contribution in [0.4, 0.5) is 0 Å². The second-order valence-corrected chi connectivity index (χ2v) is 7.14. The van der Waals surface area contributed by atoms with Gasteiger partial charge in [-0.05, 0) is 23.3 Å². The van der Waals surface area contributed by atoms with E-state index >= 15 is 0 Å². The zero-order valence-electron chi connectivity index (χ0n) is 16.1. The first kappa shape index (κ1) is 19.7. The quantitative estimate of drug-likeness (QED) is 0.743. The number of hydrogen-bond donors (Lipinski definition) is 2. The summed E-state index contributed by atoms with van der Waals surface area (Å²) in [5, 5.41) is 5.59. The molecule has 1 atom stereocenters. The van der Waals surface area contributed by atoms with Gasteiger partial charge >= 0.3 is 0 Å². The van der Waals surface area contributed by atoms with Crippen LogP contribution in [0.5, 0.6) is 0 Å². The summed E-state index contributed by atoms with van der Waals surface area (Å²) in [6.07, 6.45) is 1.88. The number of benzene rings is 1. The van der Waals surface area contributed by atoms with Gasteiger partial charge in [0.1, 0.15) is 6.04 Å². The van der Waals surface area contributed by atoms with Gasteiger partial charge in [-0.15, -0.1) is 0 Å². The van der Waals surface area contributed by atoms with Gasteiger partial charge in [-0.1, -0.05) is 38.1 Å². The first-order valence-electron chi connectivity index (χ1n) is 9.44. The van der Waals surface area contributed by atoms with Gasteiger partial charge in [-0.3, -0.25) is 14.4 Å². The first-order chi connectivity index (χ1) is 13.5. The van der Waals surface area contributed by atoms with E-state index in [2.05, 4.69) is 10.6 Å². The van der Waals surface area contributed by atoms with Crippen LogP contribution in [0.1, 0.15) is 35.5 Å². The summed E-state index contributed by atoms with van der Waals surface area (Å²) in [6, 6.07) is 10.4. The maximum atomic E-state index is 12.9. The van der Waals surface area contributed by atoms with Crippen LogP contribution in [0.25, 0.3) is 0 Å². The Labute approximate surface area is 164 Å². The summed E-state index contributed by atoms with van der Waals surface area (Å²) in [5.74, 6) is -0.509. The predicted octanol–water partition coefficient (Wildman–Crippen LogP) is 1.74. The third kappa shape index (κ3) is 4.42. The molecule has 7 heteroatoms. The van der Waals surface area contributed by atoms with E-state index in [9.17, 15) is 14.4 Å². The molecule has 1 aliphatic heterocycles. The third-order valence-electron chi connectivity index (χ3n) is 4.79. The Balaban J connectivity index is 1.69. The van der Waals surface area contributed by atoms with E-state index in [-0.39, 0.29) is 29.4 Å². The molecule has 0 aliphatic carbocycles. The number of rotatable bonds is 6. The Morgan fingerprint density at radius 1 is 1.07 bits per heavy atom. The second-order valence-electron chi connectivity index (χ2n) is 7.14. The van der Waals surface area contributed by atoms with Crippen LogP contribution >= 0.6 is 0 Å². The van der Waals surface area contributed by atoms with E-state index in [1.54, 1.807) is 17.0 Å².